The Balaban J connectivity index is 1.24. The topological polar surface area (TPSA) is 52.7 Å². The lowest BCUT2D eigenvalue weighted by atomic mass is 9.45. The average molecular weight is 484 g/mol. The molecule has 0 aromatic rings. The molecule has 5 heteroatoms. The van der Waals surface area contributed by atoms with E-state index in [1.807, 2.05) is 0 Å². The van der Waals surface area contributed by atoms with Gasteiger partial charge in [0.1, 0.15) is 5.78 Å². The average Bonchev–Trinajstić information content (AvgIpc) is 3.17. The number of piperazine rings is 1. The number of ketones is 1. The first-order chi connectivity index (χ1) is 16.6. The quantitative estimate of drug-likeness (QED) is 0.535. The van der Waals surface area contributed by atoms with Gasteiger partial charge in [-0.1, -0.05) is 38.8 Å². The minimum absolute atomic E-state index is 0.164. The summed E-state index contributed by atoms with van der Waals surface area (Å²) in [6, 6.07) is 0. The number of carbonyl (C=O) groups excluding carboxylic acids is 2. The highest BCUT2D eigenvalue weighted by atomic mass is 16.2. The lowest BCUT2D eigenvalue weighted by Crippen LogP contribution is -2.52. The van der Waals surface area contributed by atoms with Crippen molar-refractivity contribution in [3.8, 4) is 0 Å². The van der Waals surface area contributed by atoms with Crippen LogP contribution in [0.15, 0.2) is 11.1 Å². The largest absolute Gasteiger partial charge is 0.304 e. The molecule has 0 spiro atoms. The van der Waals surface area contributed by atoms with Gasteiger partial charge in [-0.05, 0) is 92.4 Å². The number of nitrogens with one attached hydrogen (secondary N) is 1. The Labute approximate surface area is 213 Å². The Hall–Kier alpha value is -1.20. The van der Waals surface area contributed by atoms with Crippen molar-refractivity contribution in [1.29, 1.82) is 0 Å². The van der Waals surface area contributed by atoms with E-state index in [1.54, 1.807) is 11.1 Å². The van der Waals surface area contributed by atoms with Gasteiger partial charge in [0.2, 0.25) is 5.91 Å². The van der Waals surface area contributed by atoms with E-state index in [9.17, 15) is 9.59 Å². The zero-order valence-electron chi connectivity index (χ0n) is 23.0. The molecule has 3 fully saturated rings. The number of nitrogens with zero attached hydrogens (tertiary/aromatic N) is 2. The van der Waals surface area contributed by atoms with Crippen molar-refractivity contribution >= 4 is 11.7 Å². The second kappa shape index (κ2) is 9.28. The van der Waals surface area contributed by atoms with Gasteiger partial charge in [0, 0.05) is 45.4 Å². The lowest BCUT2D eigenvalue weighted by molar-refractivity contribution is -0.129. The molecule has 0 unspecified atom stereocenters. The van der Waals surface area contributed by atoms with Crippen LogP contribution in [0.1, 0.15) is 98.3 Å². The number of Topliss-reactive ketones (excluding diaryl/α,β-unsaturated/α-hetero) is 1. The van der Waals surface area contributed by atoms with Gasteiger partial charge in [0.25, 0.3) is 0 Å². The Bertz CT molecular complexity index is 890. The summed E-state index contributed by atoms with van der Waals surface area (Å²) >= 11 is 0. The van der Waals surface area contributed by atoms with Crippen molar-refractivity contribution in [2.45, 2.75) is 98.3 Å². The van der Waals surface area contributed by atoms with Crippen LogP contribution in [-0.2, 0) is 9.59 Å². The molecule has 1 aliphatic heterocycles. The zero-order valence-corrected chi connectivity index (χ0v) is 23.0. The normalized spacial score (nSPS) is 41.2. The fourth-order valence-electron chi connectivity index (χ4n) is 9.26. The van der Waals surface area contributed by atoms with Crippen LogP contribution in [0.4, 0.5) is 0 Å². The van der Waals surface area contributed by atoms with Crippen LogP contribution >= 0.6 is 0 Å². The van der Waals surface area contributed by atoms with Crippen molar-refractivity contribution in [3.05, 3.63) is 11.1 Å². The van der Waals surface area contributed by atoms with Gasteiger partial charge < -0.3 is 4.90 Å². The maximum atomic E-state index is 12.7. The number of rotatable bonds is 5. The van der Waals surface area contributed by atoms with Crippen LogP contribution in [0.3, 0.4) is 0 Å². The van der Waals surface area contributed by atoms with E-state index in [0.29, 0.717) is 29.5 Å². The smallest absolute Gasteiger partial charge is 0.234 e. The molecule has 0 radical (unpaired) electrons. The van der Waals surface area contributed by atoms with E-state index in [1.165, 1.54) is 38.5 Å². The number of hydrazine groups is 1. The van der Waals surface area contributed by atoms with Crippen molar-refractivity contribution < 1.29 is 9.59 Å². The van der Waals surface area contributed by atoms with Gasteiger partial charge in [0.05, 0.1) is 0 Å². The molecule has 6 atom stereocenters. The maximum Gasteiger partial charge on any atom is 0.234 e. The van der Waals surface area contributed by atoms with Gasteiger partial charge in [0.15, 0.2) is 0 Å². The number of hydrogen-bond acceptors (Lipinski definition) is 4. The number of amides is 1. The summed E-state index contributed by atoms with van der Waals surface area (Å²) in [5.74, 6) is 2.70. The van der Waals surface area contributed by atoms with E-state index < -0.39 is 0 Å². The second-order valence-corrected chi connectivity index (χ2v) is 13.7. The molecule has 1 N–H and O–H groups in total. The van der Waals surface area contributed by atoms with Gasteiger partial charge in [-0.25, -0.2) is 5.01 Å². The summed E-state index contributed by atoms with van der Waals surface area (Å²) < 4.78 is 0. The molecule has 5 nitrogen and oxygen atoms in total. The van der Waals surface area contributed by atoms with E-state index in [-0.39, 0.29) is 16.7 Å². The first-order valence-electron chi connectivity index (χ1n) is 14.5. The van der Waals surface area contributed by atoms with Crippen molar-refractivity contribution in [2.75, 3.05) is 33.2 Å². The minimum Gasteiger partial charge on any atom is -0.304 e. The number of allylic oxidation sites excluding steroid dienone is 2. The van der Waals surface area contributed by atoms with E-state index in [2.05, 4.69) is 50.1 Å². The van der Waals surface area contributed by atoms with E-state index in [4.69, 9.17) is 0 Å². The third kappa shape index (κ3) is 4.33. The summed E-state index contributed by atoms with van der Waals surface area (Å²) in [5.41, 5.74) is 7.49. The SMILES string of the molecule is C[C@H](CCC(=O)NN1CCN(C)CC1)[C@H]1CC[C@H]2C3=C(CC[C@]12C)[C@@]1(C)CCC(=O)C[C@@]1(C)CC3. The van der Waals surface area contributed by atoms with Crippen LogP contribution in [0.25, 0.3) is 0 Å². The van der Waals surface area contributed by atoms with Gasteiger partial charge in [-0.15, -0.1) is 0 Å². The lowest BCUT2D eigenvalue weighted by Gasteiger charge is -2.59. The van der Waals surface area contributed by atoms with Gasteiger partial charge >= 0.3 is 0 Å². The highest BCUT2D eigenvalue weighted by molar-refractivity contribution is 5.80. The summed E-state index contributed by atoms with van der Waals surface area (Å²) in [6.45, 7) is 13.8. The predicted octanol–water partition coefficient (Wildman–Crippen LogP) is 5.36. The highest BCUT2D eigenvalue weighted by Gasteiger charge is 2.59. The monoisotopic (exact) mass is 483 g/mol. The van der Waals surface area contributed by atoms with Crippen molar-refractivity contribution in [3.63, 3.8) is 0 Å². The van der Waals surface area contributed by atoms with Crippen LogP contribution in [-0.4, -0.2) is 54.8 Å². The molecule has 5 rings (SSSR count). The Morgan fingerprint density at radius 1 is 1.03 bits per heavy atom. The van der Waals surface area contributed by atoms with Crippen molar-refractivity contribution in [1.82, 2.24) is 15.3 Å². The number of likely N-dealkylation sites (N-methyl/N-ethyl adjacent to an activating group) is 1. The van der Waals surface area contributed by atoms with E-state index in [0.717, 1.165) is 57.8 Å². The molecule has 35 heavy (non-hydrogen) atoms. The molecular weight excluding hydrogens is 434 g/mol. The summed E-state index contributed by atoms with van der Waals surface area (Å²) in [5, 5.41) is 2.10. The van der Waals surface area contributed by atoms with Gasteiger partial charge in [-0.2, -0.15) is 0 Å². The standard InChI is InChI=1S/C30H49N3O2/c1-21(6-9-27(35)31-33-18-16-32(5)17-19-33)24-7-8-25-23-11-13-28(2)20-22(34)10-15-30(28,4)26(23)12-14-29(24,25)3/h21,24-25H,6-20H2,1-5H3,(H,31,35)/t21-,24-,25+,28-,29-,30-/m1/s1. The molecule has 0 aromatic heterocycles. The fraction of sp³-hybridized carbons (Fsp3) is 0.867. The molecule has 1 heterocycles. The van der Waals surface area contributed by atoms with Crippen LogP contribution in [0, 0.1) is 34.0 Å². The Morgan fingerprint density at radius 2 is 1.77 bits per heavy atom. The number of hydrogen-bond donors (Lipinski definition) is 1. The maximum absolute atomic E-state index is 12.7. The van der Waals surface area contributed by atoms with Crippen LogP contribution < -0.4 is 5.43 Å². The fourth-order valence-corrected chi connectivity index (χ4v) is 9.26. The molecule has 1 saturated heterocycles. The Kier molecular flexibility index (Phi) is 6.74. The molecule has 0 aromatic carbocycles. The first kappa shape index (κ1) is 25.4. The van der Waals surface area contributed by atoms with Crippen LogP contribution in [0.2, 0.25) is 0 Å². The Morgan fingerprint density at radius 3 is 2.51 bits per heavy atom. The number of carbonyl (C=O) groups is 2. The molecule has 196 valence electrons. The summed E-state index contributed by atoms with van der Waals surface area (Å²) in [7, 11) is 2.14. The van der Waals surface area contributed by atoms with E-state index >= 15 is 0 Å². The third-order valence-corrected chi connectivity index (χ3v) is 11.9. The molecule has 1 amide bonds. The zero-order chi connectivity index (χ0) is 25.0. The van der Waals surface area contributed by atoms with Crippen molar-refractivity contribution in [2.24, 2.45) is 34.0 Å². The first-order valence-corrected chi connectivity index (χ1v) is 14.5. The van der Waals surface area contributed by atoms with Gasteiger partial charge in [-0.3, -0.25) is 15.0 Å². The number of fused-ring (bicyclic) bond motifs is 4. The summed E-state index contributed by atoms with van der Waals surface area (Å²) in [6.07, 6.45) is 11.8. The molecular formula is C30H49N3O2. The predicted molar refractivity (Wildman–Crippen MR) is 140 cm³/mol. The summed E-state index contributed by atoms with van der Waals surface area (Å²) in [4.78, 5) is 27.4. The highest BCUT2D eigenvalue weighted by Crippen LogP contribution is 2.68. The van der Waals surface area contributed by atoms with Crippen LogP contribution in [0.5, 0.6) is 0 Å². The molecule has 4 aliphatic carbocycles. The second-order valence-electron chi connectivity index (χ2n) is 13.7. The minimum atomic E-state index is 0.164. The molecule has 0 bridgehead atoms. The molecule has 5 aliphatic rings. The molecule has 2 saturated carbocycles. The third-order valence-electron chi connectivity index (χ3n) is 11.9.